The number of halogens is 1. The minimum absolute atomic E-state index is 0.0347. The number of carbonyl (C=O) groups excluding carboxylic acids is 2. The monoisotopic (exact) mass is 444 g/mol. The van der Waals surface area contributed by atoms with E-state index in [2.05, 4.69) is 6.07 Å². The normalized spacial score (nSPS) is 18.9. The second kappa shape index (κ2) is 9.39. The minimum atomic E-state index is -0.313. The molecule has 1 saturated carbocycles. The Kier molecular flexibility index (Phi) is 6.60. The summed E-state index contributed by atoms with van der Waals surface area (Å²) in [5.41, 5.74) is 1.11. The van der Waals surface area contributed by atoms with Crippen molar-refractivity contribution in [1.29, 1.82) is 0 Å². The van der Waals surface area contributed by atoms with Gasteiger partial charge < -0.3 is 14.5 Å². The quantitative estimate of drug-likeness (QED) is 0.605. The maximum atomic E-state index is 13.4. The predicted molar refractivity (Wildman–Crippen MR) is 119 cm³/mol. The number of thiophene rings is 1. The van der Waals surface area contributed by atoms with E-state index in [0.29, 0.717) is 18.9 Å². The van der Waals surface area contributed by atoms with Gasteiger partial charge in [0.1, 0.15) is 24.7 Å². The molecular weight excluding hydrogens is 415 g/mol. The number of hydrogen-bond acceptors (Lipinski definition) is 4. The van der Waals surface area contributed by atoms with Gasteiger partial charge in [-0.3, -0.25) is 9.59 Å². The Hall–Kier alpha value is -2.41. The molecule has 1 aliphatic heterocycles. The minimum Gasteiger partial charge on any atom is -0.491 e. The van der Waals surface area contributed by atoms with Gasteiger partial charge in [-0.1, -0.05) is 6.92 Å². The molecule has 2 aromatic rings. The van der Waals surface area contributed by atoms with E-state index < -0.39 is 0 Å². The molecule has 4 rings (SSSR count). The van der Waals surface area contributed by atoms with Crippen molar-refractivity contribution in [2.45, 2.75) is 51.6 Å². The van der Waals surface area contributed by atoms with Gasteiger partial charge in [-0.15, -0.1) is 11.3 Å². The molecule has 31 heavy (non-hydrogen) atoms. The van der Waals surface area contributed by atoms with Crippen molar-refractivity contribution in [3.63, 3.8) is 0 Å². The molecule has 5 nitrogen and oxygen atoms in total. The van der Waals surface area contributed by atoms with E-state index >= 15 is 0 Å². The third kappa shape index (κ3) is 4.92. The van der Waals surface area contributed by atoms with Crippen molar-refractivity contribution in [1.82, 2.24) is 9.80 Å². The molecule has 1 fully saturated rings. The van der Waals surface area contributed by atoms with Crippen molar-refractivity contribution in [3.05, 3.63) is 52.0 Å². The summed E-state index contributed by atoms with van der Waals surface area (Å²) in [6, 6.07) is 7.79. The summed E-state index contributed by atoms with van der Waals surface area (Å²) in [6.45, 7) is 5.06. The smallest absolute Gasteiger partial charge is 0.242 e. The number of carbonyl (C=O) groups is 2. The largest absolute Gasteiger partial charge is 0.491 e. The third-order valence-electron chi connectivity index (χ3n) is 6.27. The topological polar surface area (TPSA) is 49.9 Å². The number of fused-ring (bicyclic) bond motifs is 1. The van der Waals surface area contributed by atoms with Crippen molar-refractivity contribution in [3.8, 4) is 5.75 Å². The SMILES string of the molecule is CC[C@@H](C)N(CC(=O)N1CCc2sccc2[C@@H]1COc1ccc(F)cc1)C(=O)C1CC1. The molecule has 1 aromatic heterocycles. The van der Waals surface area contributed by atoms with Crippen LogP contribution in [-0.4, -0.2) is 47.4 Å². The molecule has 1 aromatic carbocycles. The summed E-state index contributed by atoms with van der Waals surface area (Å²) < 4.78 is 19.1. The summed E-state index contributed by atoms with van der Waals surface area (Å²) in [4.78, 5) is 31.1. The molecule has 2 amide bonds. The van der Waals surface area contributed by atoms with E-state index in [1.807, 2.05) is 24.1 Å². The van der Waals surface area contributed by atoms with Gasteiger partial charge in [0.25, 0.3) is 0 Å². The van der Waals surface area contributed by atoms with Crippen molar-refractivity contribution < 1.29 is 18.7 Å². The van der Waals surface area contributed by atoms with E-state index in [1.54, 1.807) is 28.4 Å². The summed E-state index contributed by atoms with van der Waals surface area (Å²) in [5.74, 6) is 0.409. The Morgan fingerprint density at radius 3 is 2.68 bits per heavy atom. The maximum Gasteiger partial charge on any atom is 0.242 e. The van der Waals surface area contributed by atoms with Crippen LogP contribution in [0, 0.1) is 11.7 Å². The lowest BCUT2D eigenvalue weighted by atomic mass is 10.00. The van der Waals surface area contributed by atoms with Crippen molar-refractivity contribution in [2.75, 3.05) is 19.7 Å². The number of hydrogen-bond donors (Lipinski definition) is 0. The second-order valence-corrected chi connectivity index (χ2v) is 9.42. The zero-order chi connectivity index (χ0) is 22.0. The second-order valence-electron chi connectivity index (χ2n) is 8.41. The van der Waals surface area contributed by atoms with E-state index in [9.17, 15) is 14.0 Å². The van der Waals surface area contributed by atoms with Crippen LogP contribution >= 0.6 is 11.3 Å². The summed E-state index contributed by atoms with van der Waals surface area (Å²) >= 11 is 1.70. The number of nitrogens with zero attached hydrogens (tertiary/aromatic N) is 2. The van der Waals surface area contributed by atoms with E-state index in [-0.39, 0.29) is 42.2 Å². The molecule has 2 aliphatic rings. The Labute approximate surface area is 186 Å². The van der Waals surface area contributed by atoms with E-state index in [1.165, 1.54) is 17.0 Å². The van der Waals surface area contributed by atoms with Crippen LogP contribution in [0.25, 0.3) is 0 Å². The fourth-order valence-corrected chi connectivity index (χ4v) is 4.98. The number of benzene rings is 1. The predicted octanol–water partition coefficient (Wildman–Crippen LogP) is 4.43. The Balaban J connectivity index is 1.50. The number of ether oxygens (including phenoxy) is 1. The lowest BCUT2D eigenvalue weighted by Gasteiger charge is -2.38. The average Bonchev–Trinajstić information content (AvgIpc) is 3.52. The molecule has 2 heterocycles. The van der Waals surface area contributed by atoms with Crippen molar-refractivity contribution >= 4 is 23.2 Å². The zero-order valence-corrected chi connectivity index (χ0v) is 18.9. The van der Waals surface area contributed by atoms with Crippen LogP contribution in [0.5, 0.6) is 5.75 Å². The lowest BCUT2D eigenvalue weighted by molar-refractivity contribution is -0.145. The summed E-state index contributed by atoms with van der Waals surface area (Å²) in [5, 5.41) is 2.05. The van der Waals surface area contributed by atoms with Crippen LogP contribution in [0.15, 0.2) is 35.7 Å². The van der Waals surface area contributed by atoms with Gasteiger partial charge in [0.15, 0.2) is 0 Å². The fraction of sp³-hybridized carbons (Fsp3) is 0.500. The first kappa shape index (κ1) is 21.8. The highest BCUT2D eigenvalue weighted by Crippen LogP contribution is 2.35. The molecule has 7 heteroatoms. The molecule has 2 atom stereocenters. The van der Waals surface area contributed by atoms with Gasteiger partial charge in [-0.05, 0) is 73.9 Å². The van der Waals surface area contributed by atoms with Crippen LogP contribution in [0.1, 0.15) is 49.6 Å². The molecule has 0 saturated heterocycles. The standard InChI is InChI=1S/C24H29FN2O3S/c1-3-16(2)27(24(29)17-4-5-17)14-23(28)26-12-10-22-20(11-13-31-22)21(26)15-30-19-8-6-18(25)7-9-19/h6-9,11,13,16-17,21H,3-5,10,12,14-15H2,1-2H3/t16-,21+/m1/s1. The van der Waals surface area contributed by atoms with Gasteiger partial charge in [0.05, 0.1) is 6.04 Å². The first-order valence-corrected chi connectivity index (χ1v) is 11.9. The van der Waals surface area contributed by atoms with Crippen LogP contribution in [0.3, 0.4) is 0 Å². The van der Waals surface area contributed by atoms with Gasteiger partial charge >= 0.3 is 0 Å². The van der Waals surface area contributed by atoms with Gasteiger partial charge in [0.2, 0.25) is 11.8 Å². The summed E-state index contributed by atoms with van der Waals surface area (Å²) in [6.07, 6.45) is 3.48. The van der Waals surface area contributed by atoms with Crippen molar-refractivity contribution in [2.24, 2.45) is 5.92 Å². The Morgan fingerprint density at radius 1 is 1.26 bits per heavy atom. The average molecular weight is 445 g/mol. The Bertz CT molecular complexity index is 925. The van der Waals surface area contributed by atoms with E-state index in [0.717, 1.165) is 31.2 Å². The first-order chi connectivity index (χ1) is 15.0. The molecule has 0 spiro atoms. The maximum absolute atomic E-state index is 13.4. The molecule has 166 valence electrons. The van der Waals surface area contributed by atoms with Crippen LogP contribution in [-0.2, 0) is 16.0 Å². The highest BCUT2D eigenvalue weighted by Gasteiger charge is 2.38. The lowest BCUT2D eigenvalue weighted by Crippen LogP contribution is -2.50. The number of amides is 2. The molecule has 0 unspecified atom stereocenters. The Morgan fingerprint density at radius 2 is 2.00 bits per heavy atom. The van der Waals surface area contributed by atoms with Crippen LogP contribution in [0.4, 0.5) is 4.39 Å². The highest BCUT2D eigenvalue weighted by atomic mass is 32.1. The summed E-state index contributed by atoms with van der Waals surface area (Å²) in [7, 11) is 0. The molecule has 0 N–H and O–H groups in total. The molecule has 0 radical (unpaired) electrons. The molecule has 1 aliphatic carbocycles. The first-order valence-electron chi connectivity index (χ1n) is 11.0. The highest BCUT2D eigenvalue weighted by molar-refractivity contribution is 7.10. The van der Waals surface area contributed by atoms with E-state index in [4.69, 9.17) is 4.74 Å². The molecule has 0 bridgehead atoms. The third-order valence-corrected chi connectivity index (χ3v) is 7.27. The zero-order valence-electron chi connectivity index (χ0n) is 18.1. The van der Waals surface area contributed by atoms with Crippen LogP contribution in [0.2, 0.25) is 0 Å². The van der Waals surface area contributed by atoms with Crippen LogP contribution < -0.4 is 4.74 Å². The van der Waals surface area contributed by atoms with Gasteiger partial charge in [-0.2, -0.15) is 0 Å². The molecular formula is C24H29FN2O3S. The van der Waals surface area contributed by atoms with Gasteiger partial charge in [-0.25, -0.2) is 4.39 Å². The van der Waals surface area contributed by atoms with Gasteiger partial charge in [0, 0.05) is 23.4 Å². The number of rotatable bonds is 8. The fourth-order valence-electron chi connectivity index (χ4n) is 4.05.